The Kier molecular flexibility index (Phi) is 5.22. The minimum absolute atomic E-state index is 0.00416. The summed E-state index contributed by atoms with van der Waals surface area (Å²) >= 11 is 4.77. The van der Waals surface area contributed by atoms with Gasteiger partial charge in [-0.1, -0.05) is 0 Å². The maximum absolute atomic E-state index is 12.8. The molecule has 23 heavy (non-hydrogen) atoms. The van der Waals surface area contributed by atoms with Crippen LogP contribution in [0.15, 0.2) is 28.3 Å². The number of rotatable bonds is 4. The Morgan fingerprint density at radius 1 is 1.30 bits per heavy atom. The third-order valence-electron chi connectivity index (χ3n) is 3.67. The van der Waals surface area contributed by atoms with Crippen LogP contribution in [0.3, 0.4) is 0 Å². The number of nitrogens with zero attached hydrogens (tertiary/aromatic N) is 2. The smallest absolute Gasteiger partial charge is 0.316 e. The van der Waals surface area contributed by atoms with E-state index in [2.05, 4.69) is 31.2 Å². The molecule has 0 spiro atoms. The average Bonchev–Trinajstić information content (AvgIpc) is 2.98. The second-order valence-corrected chi connectivity index (χ2v) is 7.20. The number of ether oxygens (including phenoxy) is 1. The molecule has 2 heterocycles. The summed E-state index contributed by atoms with van der Waals surface area (Å²) < 4.78 is 19.3. The molecule has 0 saturated heterocycles. The molecule has 0 atom stereocenters. The topological polar surface area (TPSA) is 64.1 Å². The molecule has 1 amide bonds. The molecular formula is C15H15BrFN3O2S. The number of aromatic nitrogens is 2. The molecular weight excluding hydrogens is 385 g/mol. The van der Waals surface area contributed by atoms with Gasteiger partial charge in [0.15, 0.2) is 5.82 Å². The first-order valence-corrected chi connectivity index (χ1v) is 8.96. The monoisotopic (exact) mass is 399 g/mol. The molecule has 5 nitrogen and oxygen atoms in total. The van der Waals surface area contributed by atoms with E-state index in [-0.39, 0.29) is 24.1 Å². The Morgan fingerprint density at radius 2 is 2.00 bits per heavy atom. The van der Waals surface area contributed by atoms with Gasteiger partial charge >= 0.3 is 6.01 Å². The standard InChI is InChI=1S/C15H15BrFN3O2S/c16-9-5-13(23-8-9)14(21)20-11-1-3-12(4-2-11)22-15-18-6-10(17)7-19-15/h5-8,11-12H,1-4H2,(H,20,21). The van der Waals surface area contributed by atoms with Crippen LogP contribution >= 0.6 is 27.3 Å². The van der Waals surface area contributed by atoms with Gasteiger partial charge in [0.1, 0.15) is 6.10 Å². The summed E-state index contributed by atoms with van der Waals surface area (Å²) in [4.78, 5) is 20.4. The van der Waals surface area contributed by atoms with E-state index in [1.54, 1.807) is 0 Å². The van der Waals surface area contributed by atoms with Crippen molar-refractivity contribution >= 4 is 33.2 Å². The van der Waals surface area contributed by atoms with Gasteiger partial charge in [-0.15, -0.1) is 11.3 Å². The van der Waals surface area contributed by atoms with Gasteiger partial charge in [0.05, 0.1) is 17.3 Å². The minimum atomic E-state index is -0.482. The van der Waals surface area contributed by atoms with Crippen molar-refractivity contribution in [3.8, 4) is 6.01 Å². The van der Waals surface area contributed by atoms with Crippen LogP contribution in [0.4, 0.5) is 4.39 Å². The van der Waals surface area contributed by atoms with E-state index in [0.717, 1.165) is 42.5 Å². The van der Waals surface area contributed by atoms with E-state index in [4.69, 9.17) is 4.74 Å². The van der Waals surface area contributed by atoms with Crippen molar-refractivity contribution in [2.45, 2.75) is 37.8 Å². The highest BCUT2D eigenvalue weighted by molar-refractivity contribution is 9.10. The number of hydrogen-bond donors (Lipinski definition) is 1. The van der Waals surface area contributed by atoms with Crippen molar-refractivity contribution in [2.75, 3.05) is 0 Å². The third-order valence-corrected chi connectivity index (χ3v) is 5.36. The molecule has 1 aliphatic carbocycles. The van der Waals surface area contributed by atoms with Crippen LogP contribution in [0.25, 0.3) is 0 Å². The molecule has 1 aliphatic rings. The Labute approximate surface area is 145 Å². The molecule has 0 aromatic carbocycles. The lowest BCUT2D eigenvalue weighted by Crippen LogP contribution is -2.39. The molecule has 0 radical (unpaired) electrons. The van der Waals surface area contributed by atoms with Crippen LogP contribution < -0.4 is 10.1 Å². The number of hydrogen-bond acceptors (Lipinski definition) is 5. The first kappa shape index (κ1) is 16.3. The van der Waals surface area contributed by atoms with Gasteiger partial charge in [0.25, 0.3) is 5.91 Å². The van der Waals surface area contributed by atoms with Crippen LogP contribution in [-0.4, -0.2) is 28.0 Å². The summed E-state index contributed by atoms with van der Waals surface area (Å²) in [6.45, 7) is 0. The second kappa shape index (κ2) is 7.35. The molecule has 0 unspecified atom stereocenters. The number of carbonyl (C=O) groups is 1. The van der Waals surface area contributed by atoms with Crippen molar-refractivity contribution < 1.29 is 13.9 Å². The van der Waals surface area contributed by atoms with E-state index in [1.807, 2.05) is 11.4 Å². The Hall–Kier alpha value is -1.54. The molecule has 2 aromatic heterocycles. The SMILES string of the molecule is O=C(NC1CCC(Oc2ncc(F)cn2)CC1)c1cc(Br)cs1. The second-order valence-electron chi connectivity index (χ2n) is 5.38. The maximum Gasteiger partial charge on any atom is 0.316 e. The summed E-state index contributed by atoms with van der Waals surface area (Å²) in [5.74, 6) is -0.518. The number of carbonyl (C=O) groups excluding carboxylic acids is 1. The van der Waals surface area contributed by atoms with E-state index >= 15 is 0 Å². The van der Waals surface area contributed by atoms with Crippen molar-refractivity contribution in [1.82, 2.24) is 15.3 Å². The Balaban J connectivity index is 1.46. The molecule has 1 saturated carbocycles. The van der Waals surface area contributed by atoms with Crippen molar-refractivity contribution in [3.05, 3.63) is 39.0 Å². The number of nitrogens with one attached hydrogen (secondary N) is 1. The highest BCUT2D eigenvalue weighted by atomic mass is 79.9. The van der Waals surface area contributed by atoms with Gasteiger partial charge in [-0.2, -0.15) is 0 Å². The molecule has 0 bridgehead atoms. The first-order valence-electron chi connectivity index (χ1n) is 7.29. The first-order chi connectivity index (χ1) is 11.1. The predicted molar refractivity (Wildman–Crippen MR) is 88.1 cm³/mol. The lowest BCUT2D eigenvalue weighted by atomic mass is 9.93. The van der Waals surface area contributed by atoms with Gasteiger partial charge in [-0.05, 0) is 47.7 Å². The van der Waals surface area contributed by atoms with E-state index < -0.39 is 5.82 Å². The van der Waals surface area contributed by atoms with Crippen LogP contribution in [0.5, 0.6) is 6.01 Å². The lowest BCUT2D eigenvalue weighted by Gasteiger charge is -2.28. The van der Waals surface area contributed by atoms with Crippen molar-refractivity contribution in [3.63, 3.8) is 0 Å². The fourth-order valence-corrected chi connectivity index (χ4v) is 3.85. The fourth-order valence-electron chi connectivity index (χ4n) is 2.52. The largest absolute Gasteiger partial charge is 0.460 e. The van der Waals surface area contributed by atoms with E-state index in [0.29, 0.717) is 4.88 Å². The van der Waals surface area contributed by atoms with E-state index in [1.165, 1.54) is 11.3 Å². The molecule has 3 rings (SSSR count). The number of halogens is 2. The van der Waals surface area contributed by atoms with Gasteiger partial charge in [0.2, 0.25) is 0 Å². The number of amides is 1. The van der Waals surface area contributed by atoms with Crippen LogP contribution in [0, 0.1) is 5.82 Å². The molecule has 8 heteroatoms. The van der Waals surface area contributed by atoms with Gasteiger partial charge in [-0.3, -0.25) is 4.79 Å². The molecule has 0 aliphatic heterocycles. The maximum atomic E-state index is 12.8. The fraction of sp³-hybridized carbons (Fsp3) is 0.400. The Morgan fingerprint density at radius 3 is 2.61 bits per heavy atom. The van der Waals surface area contributed by atoms with Crippen molar-refractivity contribution in [2.24, 2.45) is 0 Å². The van der Waals surface area contributed by atoms with E-state index in [9.17, 15) is 9.18 Å². The summed E-state index contributed by atoms with van der Waals surface area (Å²) in [7, 11) is 0. The molecule has 2 aromatic rings. The normalized spacial score (nSPS) is 21.0. The zero-order valence-electron chi connectivity index (χ0n) is 12.2. The summed E-state index contributed by atoms with van der Waals surface area (Å²) in [6, 6.07) is 2.17. The summed E-state index contributed by atoms with van der Waals surface area (Å²) in [5.41, 5.74) is 0. The quantitative estimate of drug-likeness (QED) is 0.853. The predicted octanol–water partition coefficient (Wildman–Crippen LogP) is 3.56. The molecule has 1 fully saturated rings. The van der Waals surface area contributed by atoms with Gasteiger partial charge in [-0.25, -0.2) is 14.4 Å². The minimum Gasteiger partial charge on any atom is -0.460 e. The number of thiophene rings is 1. The third kappa shape index (κ3) is 4.48. The molecule has 122 valence electrons. The zero-order valence-corrected chi connectivity index (χ0v) is 14.6. The highest BCUT2D eigenvalue weighted by Gasteiger charge is 2.24. The van der Waals surface area contributed by atoms with Gasteiger partial charge in [0, 0.05) is 15.9 Å². The van der Waals surface area contributed by atoms with Gasteiger partial charge < -0.3 is 10.1 Å². The molecule has 1 N–H and O–H groups in total. The van der Waals surface area contributed by atoms with Crippen LogP contribution in [0.2, 0.25) is 0 Å². The zero-order chi connectivity index (χ0) is 16.2. The summed E-state index contributed by atoms with van der Waals surface area (Å²) in [6.07, 6.45) is 5.47. The highest BCUT2D eigenvalue weighted by Crippen LogP contribution is 2.24. The summed E-state index contributed by atoms with van der Waals surface area (Å²) in [5, 5.41) is 4.95. The van der Waals surface area contributed by atoms with Crippen LogP contribution in [-0.2, 0) is 0 Å². The lowest BCUT2D eigenvalue weighted by molar-refractivity contribution is 0.0888. The average molecular weight is 400 g/mol. The van der Waals surface area contributed by atoms with Crippen molar-refractivity contribution in [1.29, 1.82) is 0 Å². The van der Waals surface area contributed by atoms with Crippen LogP contribution in [0.1, 0.15) is 35.4 Å². The Bertz CT molecular complexity index is 672.